The van der Waals surface area contributed by atoms with Gasteiger partial charge in [-0.15, -0.1) is 0 Å². The Morgan fingerprint density at radius 1 is 0.266 bits per heavy atom. The maximum atomic E-state index is 5.20. The Kier molecular flexibility index (Phi) is 8.15. The van der Waals surface area contributed by atoms with Crippen LogP contribution in [-0.2, 0) is 0 Å². The molecule has 0 atom stereocenters. The average Bonchev–Trinajstić information content (AvgIpc) is 3.87. The molecule has 0 saturated heterocycles. The van der Waals surface area contributed by atoms with E-state index in [1.54, 1.807) is 0 Å². The fraction of sp³-hybridized carbons (Fsp3) is 0. The maximum absolute atomic E-state index is 5.20. The molecule has 10 aromatic carbocycles. The molecule has 0 fully saturated rings. The molecule has 0 aliphatic rings. The summed E-state index contributed by atoms with van der Waals surface area (Å²) in [6.07, 6.45) is 0. The van der Waals surface area contributed by atoms with Crippen LogP contribution in [-0.4, -0.2) is 24.1 Å². The van der Waals surface area contributed by atoms with Gasteiger partial charge < -0.3 is 9.13 Å². The number of rotatable bonds is 6. The van der Waals surface area contributed by atoms with Gasteiger partial charge in [0.05, 0.1) is 27.8 Å². The molecule has 0 bridgehead atoms. The fourth-order valence-electron chi connectivity index (χ4n) is 9.77. The first-order valence-corrected chi connectivity index (χ1v) is 21.7. The topological polar surface area (TPSA) is 48.5 Å². The molecule has 0 saturated carbocycles. The van der Waals surface area contributed by atoms with E-state index in [1.165, 1.54) is 49.0 Å². The van der Waals surface area contributed by atoms with Gasteiger partial charge in [0.2, 0.25) is 0 Å². The SMILES string of the molecule is c1ccc(-c2ccc3c(c2)c2cc4c5c6ccccc6ccc5n(-c5ccccc5)c4cc2n3-c2cc(-c3nc(-c4ccccc4)nc(-c4ccccc4)n3)cc3ccccc23)cc1. The minimum absolute atomic E-state index is 0.616. The van der Waals surface area contributed by atoms with Crippen LogP contribution in [0.1, 0.15) is 0 Å². The lowest BCUT2D eigenvalue weighted by Gasteiger charge is -2.15. The van der Waals surface area contributed by atoms with Crippen LogP contribution in [0.2, 0.25) is 0 Å². The molecule has 5 heteroatoms. The Morgan fingerprint density at radius 3 is 1.48 bits per heavy atom. The monoisotopic (exact) mass is 815 g/mol. The Balaban J connectivity index is 1.15. The molecule has 0 unspecified atom stereocenters. The highest BCUT2D eigenvalue weighted by molar-refractivity contribution is 6.25. The van der Waals surface area contributed by atoms with Crippen molar-refractivity contribution >= 4 is 65.2 Å². The molecule has 0 spiro atoms. The highest BCUT2D eigenvalue weighted by Crippen LogP contribution is 2.44. The summed E-state index contributed by atoms with van der Waals surface area (Å²) in [5.41, 5.74) is 11.9. The summed E-state index contributed by atoms with van der Waals surface area (Å²) in [6.45, 7) is 0. The zero-order valence-corrected chi connectivity index (χ0v) is 34.6. The average molecular weight is 816 g/mol. The normalized spacial score (nSPS) is 11.8. The van der Waals surface area contributed by atoms with Crippen LogP contribution < -0.4 is 0 Å². The van der Waals surface area contributed by atoms with Gasteiger partial charge in [-0.3, -0.25) is 0 Å². The Hall–Kier alpha value is -8.67. The predicted octanol–water partition coefficient (Wildman–Crippen LogP) is 15.0. The van der Waals surface area contributed by atoms with E-state index in [0.29, 0.717) is 17.5 Å². The van der Waals surface area contributed by atoms with Crippen LogP contribution in [0.5, 0.6) is 0 Å². The summed E-state index contributed by atoms with van der Waals surface area (Å²) < 4.78 is 4.90. The number of hydrogen-bond acceptors (Lipinski definition) is 3. The van der Waals surface area contributed by atoms with Crippen molar-refractivity contribution in [2.24, 2.45) is 0 Å². The van der Waals surface area contributed by atoms with Gasteiger partial charge >= 0.3 is 0 Å². The van der Waals surface area contributed by atoms with Gasteiger partial charge in [0.15, 0.2) is 17.5 Å². The quantitative estimate of drug-likeness (QED) is 0.168. The van der Waals surface area contributed by atoms with Gasteiger partial charge in [0.1, 0.15) is 0 Å². The molecule has 0 N–H and O–H groups in total. The van der Waals surface area contributed by atoms with E-state index in [1.807, 2.05) is 36.4 Å². The maximum Gasteiger partial charge on any atom is 0.164 e. The zero-order valence-electron chi connectivity index (χ0n) is 34.6. The first-order valence-electron chi connectivity index (χ1n) is 21.7. The molecule has 13 aromatic rings. The largest absolute Gasteiger partial charge is 0.309 e. The van der Waals surface area contributed by atoms with Crippen molar-refractivity contribution < 1.29 is 0 Å². The Morgan fingerprint density at radius 2 is 0.797 bits per heavy atom. The van der Waals surface area contributed by atoms with E-state index in [4.69, 9.17) is 15.0 Å². The number of benzene rings is 10. The Labute approximate surface area is 368 Å². The summed E-state index contributed by atoms with van der Waals surface area (Å²) in [7, 11) is 0. The number of para-hydroxylation sites is 1. The molecule has 5 nitrogen and oxygen atoms in total. The lowest BCUT2D eigenvalue weighted by molar-refractivity contribution is 1.07. The fourth-order valence-corrected chi connectivity index (χ4v) is 9.77. The van der Waals surface area contributed by atoms with Gasteiger partial charge in [-0.2, -0.15) is 0 Å². The van der Waals surface area contributed by atoms with Crippen molar-refractivity contribution in [3.05, 3.63) is 224 Å². The van der Waals surface area contributed by atoms with Gasteiger partial charge in [0.25, 0.3) is 0 Å². The second-order valence-corrected chi connectivity index (χ2v) is 16.4. The van der Waals surface area contributed by atoms with E-state index >= 15 is 0 Å². The van der Waals surface area contributed by atoms with Gasteiger partial charge in [-0.25, -0.2) is 15.0 Å². The molecular weight excluding hydrogens is 779 g/mol. The molecule has 0 amide bonds. The van der Waals surface area contributed by atoms with Crippen LogP contribution in [0.15, 0.2) is 224 Å². The van der Waals surface area contributed by atoms with Crippen molar-refractivity contribution in [3.8, 4) is 56.7 Å². The predicted molar refractivity (Wildman–Crippen MR) is 265 cm³/mol. The third-order valence-electron chi connectivity index (χ3n) is 12.7. The molecule has 298 valence electrons. The second kappa shape index (κ2) is 14.5. The van der Waals surface area contributed by atoms with Gasteiger partial charge in [0, 0.05) is 49.3 Å². The number of nitrogens with zero attached hydrogens (tertiary/aromatic N) is 5. The van der Waals surface area contributed by atoms with E-state index in [2.05, 4.69) is 197 Å². The third kappa shape index (κ3) is 5.75. The lowest BCUT2D eigenvalue weighted by atomic mass is 10.0. The van der Waals surface area contributed by atoms with E-state index in [-0.39, 0.29) is 0 Å². The first kappa shape index (κ1) is 36.0. The molecule has 3 heterocycles. The first-order chi connectivity index (χ1) is 31.7. The summed E-state index contributed by atoms with van der Waals surface area (Å²) >= 11 is 0. The molecule has 0 aliphatic heterocycles. The lowest BCUT2D eigenvalue weighted by Crippen LogP contribution is -2.02. The van der Waals surface area contributed by atoms with Crippen molar-refractivity contribution in [2.45, 2.75) is 0 Å². The molecule has 64 heavy (non-hydrogen) atoms. The minimum Gasteiger partial charge on any atom is -0.309 e. The molecule has 0 aliphatic carbocycles. The van der Waals surface area contributed by atoms with Crippen LogP contribution in [0.25, 0.3) is 122 Å². The third-order valence-corrected chi connectivity index (χ3v) is 12.7. The summed E-state index contributed by atoms with van der Waals surface area (Å²) in [6, 6.07) is 80.0. The molecule has 0 radical (unpaired) electrons. The highest BCUT2D eigenvalue weighted by atomic mass is 15.0. The van der Waals surface area contributed by atoms with Crippen LogP contribution in [0.3, 0.4) is 0 Å². The molecule has 13 rings (SSSR count). The molecule has 3 aromatic heterocycles. The van der Waals surface area contributed by atoms with Crippen molar-refractivity contribution in [1.82, 2.24) is 24.1 Å². The summed E-state index contributed by atoms with van der Waals surface area (Å²) in [5, 5.41) is 9.55. The Bertz CT molecular complexity index is 3870. The zero-order chi connectivity index (χ0) is 42.1. The van der Waals surface area contributed by atoms with E-state index in [0.717, 1.165) is 55.4 Å². The molecular formula is C59H37N5. The van der Waals surface area contributed by atoms with Crippen molar-refractivity contribution in [1.29, 1.82) is 0 Å². The summed E-state index contributed by atoms with van der Waals surface area (Å²) in [5.74, 6) is 1.88. The van der Waals surface area contributed by atoms with Crippen molar-refractivity contribution in [3.63, 3.8) is 0 Å². The van der Waals surface area contributed by atoms with Crippen LogP contribution >= 0.6 is 0 Å². The summed E-state index contributed by atoms with van der Waals surface area (Å²) in [4.78, 5) is 15.4. The minimum atomic E-state index is 0.616. The van der Waals surface area contributed by atoms with Crippen molar-refractivity contribution in [2.75, 3.05) is 0 Å². The number of aromatic nitrogens is 5. The number of fused-ring (bicyclic) bond motifs is 9. The highest BCUT2D eigenvalue weighted by Gasteiger charge is 2.22. The van der Waals surface area contributed by atoms with Gasteiger partial charge in [-0.1, -0.05) is 170 Å². The number of hydrogen-bond donors (Lipinski definition) is 0. The van der Waals surface area contributed by atoms with Crippen LogP contribution in [0.4, 0.5) is 0 Å². The smallest absolute Gasteiger partial charge is 0.164 e. The van der Waals surface area contributed by atoms with Crippen LogP contribution in [0, 0.1) is 0 Å². The second-order valence-electron chi connectivity index (χ2n) is 16.4. The van der Waals surface area contributed by atoms with E-state index in [9.17, 15) is 0 Å². The van der Waals surface area contributed by atoms with E-state index < -0.39 is 0 Å². The van der Waals surface area contributed by atoms with Gasteiger partial charge in [-0.05, 0) is 81.9 Å². The standard InChI is InChI=1S/C59H37N5/c1-5-17-38(18-6-1)42-30-31-51-48(34-42)49-36-50-55(63(45-25-11-4-12-26-45)52-32-29-39-19-13-16-28-47(39)56(50)52)37-54(49)64(51)53-35-44(33-43-24-14-15-27-46(43)53)59-61-57(40-20-7-2-8-21-40)60-58(62-59)41-22-9-3-10-23-41/h1-37H.